The molecule has 3 nitrogen and oxygen atoms in total. The van der Waals surface area contributed by atoms with Crippen molar-refractivity contribution in [2.24, 2.45) is 0 Å². The number of nitrogens with zero attached hydrogens (tertiary/aromatic N) is 2. The topological polar surface area (TPSA) is 36.4 Å². The zero-order valence-electron chi connectivity index (χ0n) is 10.6. The van der Waals surface area contributed by atoms with Gasteiger partial charge in [-0.3, -0.25) is 4.90 Å². The SMILES string of the molecule is CCc1nc(CN2CCCC2CCCO)cs1. The normalized spacial score (nSPS) is 21.2. The molecule has 0 radical (unpaired) electrons. The number of hydrogen-bond donors (Lipinski definition) is 1. The molecule has 1 atom stereocenters. The molecule has 1 aliphatic rings. The first kappa shape index (κ1) is 13.0. The molecule has 2 heterocycles. The molecule has 96 valence electrons. The Labute approximate surface area is 107 Å². The van der Waals surface area contributed by atoms with Gasteiger partial charge >= 0.3 is 0 Å². The molecule has 1 saturated heterocycles. The molecule has 0 saturated carbocycles. The Kier molecular flexibility index (Phi) is 4.95. The van der Waals surface area contributed by atoms with Crippen molar-refractivity contribution in [1.29, 1.82) is 0 Å². The number of thiazole rings is 1. The fourth-order valence-corrected chi connectivity index (χ4v) is 3.29. The van der Waals surface area contributed by atoms with Crippen LogP contribution in [0.25, 0.3) is 0 Å². The van der Waals surface area contributed by atoms with Gasteiger partial charge in [-0.25, -0.2) is 4.98 Å². The van der Waals surface area contributed by atoms with Crippen LogP contribution in [0.4, 0.5) is 0 Å². The first-order valence-electron chi connectivity index (χ1n) is 6.61. The second kappa shape index (κ2) is 6.47. The first-order chi connectivity index (χ1) is 8.33. The molecule has 1 unspecified atom stereocenters. The minimum atomic E-state index is 0.320. The average molecular weight is 254 g/mol. The molecule has 0 bridgehead atoms. The molecule has 2 rings (SSSR count). The number of aliphatic hydroxyl groups excluding tert-OH is 1. The van der Waals surface area contributed by atoms with Gasteiger partial charge in [-0.1, -0.05) is 6.92 Å². The molecule has 0 aromatic carbocycles. The lowest BCUT2D eigenvalue weighted by molar-refractivity contribution is 0.208. The molecule has 1 fully saturated rings. The van der Waals surface area contributed by atoms with Gasteiger partial charge in [0.2, 0.25) is 0 Å². The number of aromatic nitrogens is 1. The molecule has 17 heavy (non-hydrogen) atoms. The lowest BCUT2D eigenvalue weighted by Gasteiger charge is -2.23. The van der Waals surface area contributed by atoms with Gasteiger partial charge in [0.1, 0.15) is 0 Å². The van der Waals surface area contributed by atoms with Gasteiger partial charge in [0, 0.05) is 24.6 Å². The van der Waals surface area contributed by atoms with Crippen LogP contribution in [0.2, 0.25) is 0 Å². The van der Waals surface area contributed by atoms with E-state index in [0.717, 1.165) is 25.8 Å². The average Bonchev–Trinajstić information content (AvgIpc) is 2.96. The maximum Gasteiger partial charge on any atom is 0.0926 e. The summed E-state index contributed by atoms with van der Waals surface area (Å²) in [6, 6.07) is 0.661. The molecule has 1 aliphatic heterocycles. The van der Waals surface area contributed by atoms with Crippen molar-refractivity contribution in [2.45, 2.75) is 51.6 Å². The molecule has 1 aromatic heterocycles. The van der Waals surface area contributed by atoms with Crippen LogP contribution in [0.3, 0.4) is 0 Å². The van der Waals surface area contributed by atoms with E-state index < -0.39 is 0 Å². The Morgan fingerprint density at radius 2 is 2.47 bits per heavy atom. The quantitative estimate of drug-likeness (QED) is 0.847. The van der Waals surface area contributed by atoms with E-state index in [0.29, 0.717) is 12.6 Å². The summed E-state index contributed by atoms with van der Waals surface area (Å²) >= 11 is 1.77. The second-order valence-electron chi connectivity index (χ2n) is 4.72. The molecular weight excluding hydrogens is 232 g/mol. The van der Waals surface area contributed by atoms with Crippen molar-refractivity contribution in [2.75, 3.05) is 13.2 Å². The number of rotatable bonds is 6. The van der Waals surface area contributed by atoms with Crippen molar-refractivity contribution in [3.8, 4) is 0 Å². The van der Waals surface area contributed by atoms with Crippen molar-refractivity contribution in [1.82, 2.24) is 9.88 Å². The molecule has 0 spiro atoms. The van der Waals surface area contributed by atoms with Crippen molar-refractivity contribution >= 4 is 11.3 Å². The lowest BCUT2D eigenvalue weighted by Crippen LogP contribution is -2.29. The highest BCUT2D eigenvalue weighted by Gasteiger charge is 2.24. The molecule has 1 aromatic rings. The third-order valence-electron chi connectivity index (χ3n) is 3.46. The van der Waals surface area contributed by atoms with Gasteiger partial charge in [-0.15, -0.1) is 11.3 Å². The predicted molar refractivity (Wildman–Crippen MR) is 71.2 cm³/mol. The largest absolute Gasteiger partial charge is 0.396 e. The minimum absolute atomic E-state index is 0.320. The van der Waals surface area contributed by atoms with Gasteiger partial charge in [0.25, 0.3) is 0 Å². The Hall–Kier alpha value is -0.450. The third-order valence-corrected chi connectivity index (χ3v) is 4.50. The van der Waals surface area contributed by atoms with Gasteiger partial charge in [-0.05, 0) is 38.6 Å². The zero-order chi connectivity index (χ0) is 12.1. The summed E-state index contributed by atoms with van der Waals surface area (Å²) in [4.78, 5) is 7.17. The smallest absolute Gasteiger partial charge is 0.0926 e. The Bertz CT molecular complexity index is 340. The second-order valence-corrected chi connectivity index (χ2v) is 5.66. The highest BCUT2D eigenvalue weighted by molar-refractivity contribution is 7.09. The van der Waals surface area contributed by atoms with Crippen molar-refractivity contribution in [3.05, 3.63) is 16.1 Å². The van der Waals surface area contributed by atoms with E-state index in [4.69, 9.17) is 5.11 Å². The Balaban J connectivity index is 1.88. The fourth-order valence-electron chi connectivity index (χ4n) is 2.55. The summed E-state index contributed by atoms with van der Waals surface area (Å²) in [6.45, 7) is 4.66. The number of likely N-dealkylation sites (tertiary alicyclic amines) is 1. The van der Waals surface area contributed by atoms with Crippen LogP contribution in [-0.4, -0.2) is 34.2 Å². The van der Waals surface area contributed by atoms with E-state index in [1.807, 2.05) is 0 Å². The maximum absolute atomic E-state index is 8.91. The summed E-state index contributed by atoms with van der Waals surface area (Å²) in [5.74, 6) is 0. The van der Waals surface area contributed by atoms with Gasteiger partial charge in [0.05, 0.1) is 10.7 Å². The van der Waals surface area contributed by atoms with Crippen LogP contribution in [0.15, 0.2) is 5.38 Å². The van der Waals surface area contributed by atoms with E-state index in [1.54, 1.807) is 11.3 Å². The first-order valence-corrected chi connectivity index (χ1v) is 7.49. The fraction of sp³-hybridized carbons (Fsp3) is 0.769. The van der Waals surface area contributed by atoms with Crippen LogP contribution in [0.1, 0.15) is 43.3 Å². The summed E-state index contributed by atoms with van der Waals surface area (Å²) in [5.41, 5.74) is 1.22. The molecule has 4 heteroatoms. The number of aliphatic hydroxyl groups is 1. The minimum Gasteiger partial charge on any atom is -0.396 e. The highest BCUT2D eigenvalue weighted by Crippen LogP contribution is 2.24. The zero-order valence-corrected chi connectivity index (χ0v) is 11.4. The van der Waals surface area contributed by atoms with E-state index in [2.05, 4.69) is 22.2 Å². The van der Waals surface area contributed by atoms with Crippen molar-refractivity contribution < 1.29 is 5.11 Å². The molecule has 0 amide bonds. The van der Waals surface area contributed by atoms with E-state index in [9.17, 15) is 0 Å². The summed E-state index contributed by atoms with van der Waals surface area (Å²) in [5, 5.41) is 12.3. The Morgan fingerprint density at radius 3 is 3.18 bits per heavy atom. The van der Waals surface area contributed by atoms with E-state index in [1.165, 1.54) is 30.1 Å². The summed E-state index contributed by atoms with van der Waals surface area (Å²) in [6.07, 6.45) is 5.67. The monoisotopic (exact) mass is 254 g/mol. The molecule has 1 N–H and O–H groups in total. The van der Waals surface area contributed by atoms with E-state index >= 15 is 0 Å². The number of aryl methyl sites for hydroxylation is 1. The predicted octanol–water partition coefficient (Wildman–Crippen LogP) is 2.44. The summed E-state index contributed by atoms with van der Waals surface area (Å²) in [7, 11) is 0. The van der Waals surface area contributed by atoms with Gasteiger partial charge in [0.15, 0.2) is 0 Å². The summed E-state index contributed by atoms with van der Waals surface area (Å²) < 4.78 is 0. The lowest BCUT2D eigenvalue weighted by atomic mass is 10.1. The van der Waals surface area contributed by atoms with Crippen LogP contribution in [0, 0.1) is 0 Å². The van der Waals surface area contributed by atoms with Gasteiger partial charge in [-0.2, -0.15) is 0 Å². The van der Waals surface area contributed by atoms with Crippen molar-refractivity contribution in [3.63, 3.8) is 0 Å². The van der Waals surface area contributed by atoms with Crippen LogP contribution < -0.4 is 0 Å². The van der Waals surface area contributed by atoms with Gasteiger partial charge < -0.3 is 5.11 Å². The Morgan fingerprint density at radius 1 is 1.59 bits per heavy atom. The molecular formula is C13H22N2OS. The number of hydrogen-bond acceptors (Lipinski definition) is 4. The maximum atomic E-state index is 8.91. The third kappa shape index (κ3) is 3.50. The van der Waals surface area contributed by atoms with E-state index in [-0.39, 0.29) is 0 Å². The molecule has 0 aliphatic carbocycles. The van der Waals surface area contributed by atoms with Crippen LogP contribution >= 0.6 is 11.3 Å². The highest BCUT2D eigenvalue weighted by atomic mass is 32.1. The van der Waals surface area contributed by atoms with Crippen LogP contribution in [-0.2, 0) is 13.0 Å². The standard InChI is InChI=1S/C13H22N2OS/c1-2-13-14-11(10-17-13)9-15-7-3-5-12(15)6-4-8-16/h10,12,16H,2-9H2,1H3. The van der Waals surface area contributed by atoms with Crippen LogP contribution in [0.5, 0.6) is 0 Å².